The van der Waals surface area contributed by atoms with Crippen LogP contribution in [0, 0.1) is 10.8 Å². The second-order valence-electron chi connectivity index (χ2n) is 7.75. The molecule has 7 heteroatoms. The average Bonchev–Trinajstić information content (AvgIpc) is 2.64. The van der Waals surface area contributed by atoms with Gasteiger partial charge in [0.25, 0.3) is 0 Å². The van der Waals surface area contributed by atoms with E-state index < -0.39 is 16.1 Å². The number of imide groups is 1. The van der Waals surface area contributed by atoms with Crippen LogP contribution in [0.25, 0.3) is 0 Å². The zero-order valence-electron chi connectivity index (χ0n) is 14.7. The third-order valence-electron chi connectivity index (χ3n) is 3.54. The molecular weight excluding hydrogens is 316 g/mol. The maximum atomic E-state index is 12.3. The predicted molar refractivity (Wildman–Crippen MR) is 89.6 cm³/mol. The van der Waals surface area contributed by atoms with Crippen LogP contribution in [0.4, 0.5) is 0 Å². The number of carbonyl (C=O) groups excluding carboxylic acids is 4. The molecule has 1 fully saturated rings. The van der Waals surface area contributed by atoms with Crippen LogP contribution >= 0.6 is 11.8 Å². The van der Waals surface area contributed by atoms with Crippen LogP contribution in [0.2, 0.25) is 0 Å². The van der Waals surface area contributed by atoms with Gasteiger partial charge < -0.3 is 5.32 Å². The van der Waals surface area contributed by atoms with Gasteiger partial charge in [-0.25, -0.2) is 0 Å². The molecule has 0 aromatic heterocycles. The number of likely N-dealkylation sites (tertiary alicyclic amines) is 1. The third-order valence-corrected chi connectivity index (χ3v) is 4.62. The molecule has 1 N–H and O–H groups in total. The summed E-state index contributed by atoms with van der Waals surface area (Å²) in [5, 5.41) is 2.21. The summed E-state index contributed by atoms with van der Waals surface area (Å²) in [5.41, 5.74) is -1.09. The number of rotatable bonds is 5. The van der Waals surface area contributed by atoms with Gasteiger partial charge in [0.1, 0.15) is 0 Å². The Kier molecular flexibility index (Phi) is 6.01. The summed E-state index contributed by atoms with van der Waals surface area (Å²) >= 11 is 1.22. The Bertz CT molecular complexity index is 517. The average molecular weight is 342 g/mol. The summed E-state index contributed by atoms with van der Waals surface area (Å²) in [6, 6.07) is 0. The topological polar surface area (TPSA) is 83.6 Å². The summed E-state index contributed by atoms with van der Waals surface area (Å²) in [6.45, 7) is 10.5. The monoisotopic (exact) mass is 342 g/mol. The van der Waals surface area contributed by atoms with Crippen LogP contribution < -0.4 is 5.32 Å². The summed E-state index contributed by atoms with van der Waals surface area (Å²) in [5.74, 6) is -0.664. The van der Waals surface area contributed by atoms with E-state index in [0.29, 0.717) is 0 Å². The molecule has 3 amide bonds. The van der Waals surface area contributed by atoms with Gasteiger partial charge in [-0.15, -0.1) is 11.8 Å². The van der Waals surface area contributed by atoms with Crippen LogP contribution in [0.1, 0.15) is 48.0 Å². The molecular formula is C16H26N2O4S. The Hall–Kier alpha value is -1.37. The van der Waals surface area contributed by atoms with Gasteiger partial charge in [-0.2, -0.15) is 0 Å². The number of amides is 3. The SMILES string of the molecule is CC(C)(C)C(=O)CN1C(=O)CC(SCNC(=O)C(C)(C)C)C1=O. The Morgan fingerprint density at radius 2 is 1.70 bits per heavy atom. The number of hydrogen-bond acceptors (Lipinski definition) is 5. The fourth-order valence-electron chi connectivity index (χ4n) is 1.80. The highest BCUT2D eigenvalue weighted by Gasteiger charge is 2.41. The lowest BCUT2D eigenvalue weighted by Gasteiger charge is -2.21. The number of ketones is 1. The molecule has 23 heavy (non-hydrogen) atoms. The van der Waals surface area contributed by atoms with E-state index >= 15 is 0 Å². The number of hydrogen-bond donors (Lipinski definition) is 1. The molecule has 6 nitrogen and oxygen atoms in total. The predicted octanol–water partition coefficient (Wildman–Crippen LogP) is 1.58. The number of Topliss-reactive ketones (excluding diaryl/α,β-unsaturated/α-hetero) is 1. The van der Waals surface area contributed by atoms with Gasteiger partial charge in [0, 0.05) is 17.3 Å². The van der Waals surface area contributed by atoms with Gasteiger partial charge in [-0.1, -0.05) is 41.5 Å². The largest absolute Gasteiger partial charge is 0.347 e. The maximum Gasteiger partial charge on any atom is 0.243 e. The maximum absolute atomic E-state index is 12.3. The van der Waals surface area contributed by atoms with Crippen molar-refractivity contribution in [1.82, 2.24) is 10.2 Å². The molecule has 0 aromatic carbocycles. The van der Waals surface area contributed by atoms with Crippen molar-refractivity contribution in [3.8, 4) is 0 Å². The highest BCUT2D eigenvalue weighted by Crippen LogP contribution is 2.26. The quantitative estimate of drug-likeness (QED) is 0.606. The van der Waals surface area contributed by atoms with Crippen molar-refractivity contribution in [1.29, 1.82) is 0 Å². The Morgan fingerprint density at radius 3 is 2.17 bits per heavy atom. The van der Waals surface area contributed by atoms with E-state index in [0.717, 1.165) is 4.90 Å². The number of nitrogens with zero attached hydrogens (tertiary/aromatic N) is 1. The van der Waals surface area contributed by atoms with E-state index in [1.807, 2.05) is 0 Å². The molecule has 0 aliphatic carbocycles. The van der Waals surface area contributed by atoms with E-state index in [9.17, 15) is 19.2 Å². The van der Waals surface area contributed by atoms with E-state index in [-0.39, 0.29) is 42.3 Å². The molecule has 1 atom stereocenters. The van der Waals surface area contributed by atoms with Crippen molar-refractivity contribution in [2.75, 3.05) is 12.4 Å². The zero-order chi connectivity index (χ0) is 18.0. The first-order valence-corrected chi connectivity index (χ1v) is 8.66. The normalized spacial score (nSPS) is 19.2. The van der Waals surface area contributed by atoms with Gasteiger partial charge in [-0.05, 0) is 0 Å². The molecule has 0 saturated carbocycles. The molecule has 1 rings (SSSR count). The van der Waals surface area contributed by atoms with Crippen molar-refractivity contribution in [2.45, 2.75) is 53.2 Å². The molecule has 1 aliphatic rings. The zero-order valence-corrected chi connectivity index (χ0v) is 15.5. The van der Waals surface area contributed by atoms with Crippen molar-refractivity contribution in [3.63, 3.8) is 0 Å². The highest BCUT2D eigenvalue weighted by atomic mass is 32.2. The fourth-order valence-corrected chi connectivity index (χ4v) is 2.75. The lowest BCUT2D eigenvalue weighted by molar-refractivity contribution is -0.143. The van der Waals surface area contributed by atoms with E-state index in [1.165, 1.54) is 11.8 Å². The van der Waals surface area contributed by atoms with Crippen molar-refractivity contribution < 1.29 is 19.2 Å². The molecule has 0 bridgehead atoms. The second-order valence-corrected chi connectivity index (χ2v) is 8.94. The molecule has 1 heterocycles. The molecule has 0 spiro atoms. The molecule has 1 saturated heterocycles. The first-order chi connectivity index (χ1) is 10.3. The number of thioether (sulfide) groups is 1. The first-order valence-electron chi connectivity index (χ1n) is 7.61. The number of nitrogens with one attached hydrogen (secondary N) is 1. The summed E-state index contributed by atoms with van der Waals surface area (Å²) in [4.78, 5) is 49.1. The Morgan fingerprint density at radius 1 is 1.13 bits per heavy atom. The molecule has 1 aliphatic heterocycles. The Labute approximate surface area is 141 Å². The second kappa shape index (κ2) is 7.03. The molecule has 0 aromatic rings. The first kappa shape index (κ1) is 19.7. The lowest BCUT2D eigenvalue weighted by Crippen LogP contribution is -2.40. The Balaban J connectivity index is 2.56. The van der Waals surface area contributed by atoms with Crippen LogP contribution in [0.3, 0.4) is 0 Å². The summed E-state index contributed by atoms with van der Waals surface area (Å²) < 4.78 is 0. The number of carbonyl (C=O) groups is 4. The van der Waals surface area contributed by atoms with E-state index in [2.05, 4.69) is 5.32 Å². The van der Waals surface area contributed by atoms with Crippen LogP contribution in [0.15, 0.2) is 0 Å². The van der Waals surface area contributed by atoms with Crippen molar-refractivity contribution in [2.24, 2.45) is 10.8 Å². The van der Waals surface area contributed by atoms with E-state index in [1.54, 1.807) is 41.5 Å². The van der Waals surface area contributed by atoms with Crippen molar-refractivity contribution in [3.05, 3.63) is 0 Å². The summed E-state index contributed by atoms with van der Waals surface area (Å²) in [7, 11) is 0. The van der Waals surface area contributed by atoms with Crippen LogP contribution in [-0.4, -0.2) is 46.1 Å². The van der Waals surface area contributed by atoms with Gasteiger partial charge in [-0.3, -0.25) is 24.1 Å². The standard InChI is InChI=1S/C16H26N2O4S/c1-15(2,3)11(19)8-18-12(20)7-10(13(18)21)23-9-17-14(22)16(4,5)6/h10H,7-9H2,1-6H3,(H,17,22). The minimum atomic E-state index is -0.591. The van der Waals surface area contributed by atoms with Crippen LogP contribution in [-0.2, 0) is 19.2 Å². The minimum Gasteiger partial charge on any atom is -0.347 e. The molecule has 0 radical (unpaired) electrons. The van der Waals surface area contributed by atoms with Gasteiger partial charge in [0.2, 0.25) is 17.7 Å². The van der Waals surface area contributed by atoms with Gasteiger partial charge >= 0.3 is 0 Å². The van der Waals surface area contributed by atoms with Crippen molar-refractivity contribution >= 4 is 35.3 Å². The molecule has 130 valence electrons. The summed E-state index contributed by atoms with van der Waals surface area (Å²) in [6.07, 6.45) is 0.0757. The molecule has 1 unspecified atom stereocenters. The van der Waals surface area contributed by atoms with Gasteiger partial charge in [0.15, 0.2) is 5.78 Å². The fraction of sp³-hybridized carbons (Fsp3) is 0.750. The van der Waals surface area contributed by atoms with Crippen LogP contribution in [0.5, 0.6) is 0 Å². The van der Waals surface area contributed by atoms with Gasteiger partial charge in [0.05, 0.1) is 17.7 Å². The van der Waals surface area contributed by atoms with E-state index in [4.69, 9.17) is 0 Å². The minimum absolute atomic E-state index is 0.0757. The smallest absolute Gasteiger partial charge is 0.243 e. The third kappa shape index (κ3) is 5.34. The highest BCUT2D eigenvalue weighted by molar-refractivity contribution is 8.00. The lowest BCUT2D eigenvalue weighted by atomic mass is 9.90.